The van der Waals surface area contributed by atoms with Crippen molar-refractivity contribution in [2.75, 3.05) is 5.73 Å². The Morgan fingerprint density at radius 1 is 1.35 bits per heavy atom. The lowest BCUT2D eigenvalue weighted by Gasteiger charge is -1.97. The number of hydrogen-bond donors (Lipinski definition) is 1. The molecular weight excluding hydrogens is 254 g/mol. The van der Waals surface area contributed by atoms with Gasteiger partial charge in [0.1, 0.15) is 0 Å². The number of rotatable bonds is 3. The number of thiazole rings is 1. The summed E-state index contributed by atoms with van der Waals surface area (Å²) in [5.41, 5.74) is 7.41. The monoisotopic (exact) mass is 263 g/mol. The minimum absolute atomic E-state index is 0.603. The molecular formula is C10H9N5S2. The highest BCUT2D eigenvalue weighted by molar-refractivity contribution is 7.98. The van der Waals surface area contributed by atoms with E-state index in [0.717, 1.165) is 22.3 Å². The fraction of sp³-hybridized carbons (Fsp3) is 0.100. The highest BCUT2D eigenvalue weighted by Crippen LogP contribution is 2.23. The Balaban J connectivity index is 1.81. The lowest BCUT2D eigenvalue weighted by Crippen LogP contribution is -1.88. The van der Waals surface area contributed by atoms with Crippen LogP contribution in [0.4, 0.5) is 5.13 Å². The second-order valence-electron chi connectivity index (χ2n) is 3.38. The first-order chi connectivity index (χ1) is 8.33. The molecule has 0 aliphatic heterocycles. The van der Waals surface area contributed by atoms with Crippen LogP contribution in [0.25, 0.3) is 5.65 Å². The molecule has 3 aromatic rings. The van der Waals surface area contributed by atoms with Crippen molar-refractivity contribution in [3.8, 4) is 0 Å². The molecule has 0 atom stereocenters. The third kappa shape index (κ3) is 2.11. The fourth-order valence-corrected chi connectivity index (χ4v) is 2.93. The molecule has 0 spiro atoms. The molecule has 5 nitrogen and oxygen atoms in total. The summed E-state index contributed by atoms with van der Waals surface area (Å²) < 4.78 is 1.96. The number of nitrogen functional groups attached to an aromatic ring is 1. The average Bonchev–Trinajstić information content (AvgIpc) is 2.93. The van der Waals surface area contributed by atoms with Crippen molar-refractivity contribution in [3.05, 3.63) is 35.5 Å². The van der Waals surface area contributed by atoms with Crippen molar-refractivity contribution >= 4 is 33.9 Å². The molecule has 0 saturated heterocycles. The van der Waals surface area contributed by atoms with Crippen molar-refractivity contribution in [3.63, 3.8) is 0 Å². The summed E-state index contributed by atoms with van der Waals surface area (Å²) in [6.07, 6.45) is 1.95. The Kier molecular flexibility index (Phi) is 2.69. The van der Waals surface area contributed by atoms with Crippen molar-refractivity contribution < 1.29 is 0 Å². The van der Waals surface area contributed by atoms with Crippen LogP contribution in [0, 0.1) is 0 Å². The van der Waals surface area contributed by atoms with E-state index in [-0.39, 0.29) is 0 Å². The van der Waals surface area contributed by atoms with E-state index >= 15 is 0 Å². The molecule has 0 unspecified atom stereocenters. The van der Waals surface area contributed by atoms with Gasteiger partial charge in [0.25, 0.3) is 0 Å². The van der Waals surface area contributed by atoms with Crippen molar-refractivity contribution in [1.82, 2.24) is 19.6 Å². The highest BCUT2D eigenvalue weighted by Gasteiger charge is 2.06. The zero-order chi connectivity index (χ0) is 11.7. The van der Waals surface area contributed by atoms with E-state index in [1.165, 1.54) is 11.3 Å². The number of fused-ring (bicyclic) bond motifs is 1. The Labute approximate surface area is 106 Å². The number of nitrogens with two attached hydrogens (primary N) is 1. The second-order valence-corrected chi connectivity index (χ2v) is 5.21. The fourth-order valence-electron chi connectivity index (χ4n) is 1.45. The van der Waals surface area contributed by atoms with Gasteiger partial charge in [0, 0.05) is 17.3 Å². The van der Waals surface area contributed by atoms with E-state index in [0.29, 0.717) is 5.13 Å². The summed E-state index contributed by atoms with van der Waals surface area (Å²) in [4.78, 5) is 4.21. The minimum atomic E-state index is 0.603. The van der Waals surface area contributed by atoms with Gasteiger partial charge in [0.15, 0.2) is 15.9 Å². The van der Waals surface area contributed by atoms with Crippen molar-refractivity contribution in [2.45, 2.75) is 10.9 Å². The Morgan fingerprint density at radius 2 is 2.29 bits per heavy atom. The first kappa shape index (κ1) is 10.5. The van der Waals surface area contributed by atoms with Crippen molar-refractivity contribution in [1.29, 1.82) is 0 Å². The van der Waals surface area contributed by atoms with Crippen LogP contribution >= 0.6 is 23.1 Å². The number of nitrogens with zero attached hydrogens (tertiary/aromatic N) is 4. The molecule has 0 aliphatic rings. The zero-order valence-electron chi connectivity index (χ0n) is 8.78. The van der Waals surface area contributed by atoms with Gasteiger partial charge in [-0.1, -0.05) is 17.8 Å². The van der Waals surface area contributed by atoms with E-state index in [1.807, 2.05) is 34.2 Å². The molecule has 17 heavy (non-hydrogen) atoms. The van der Waals surface area contributed by atoms with Crippen LogP contribution in [0.5, 0.6) is 0 Å². The summed E-state index contributed by atoms with van der Waals surface area (Å²) in [7, 11) is 0. The summed E-state index contributed by atoms with van der Waals surface area (Å²) in [6.45, 7) is 0. The third-order valence-corrected chi connectivity index (χ3v) is 3.90. The molecule has 0 fully saturated rings. The molecule has 0 amide bonds. The molecule has 0 aromatic carbocycles. The van der Waals surface area contributed by atoms with Gasteiger partial charge in [-0.05, 0) is 12.1 Å². The number of hydrogen-bond acceptors (Lipinski definition) is 6. The first-order valence-corrected chi connectivity index (χ1v) is 6.82. The maximum atomic E-state index is 5.58. The summed E-state index contributed by atoms with van der Waals surface area (Å²) in [5, 5.41) is 11.7. The van der Waals surface area contributed by atoms with E-state index < -0.39 is 0 Å². The van der Waals surface area contributed by atoms with Gasteiger partial charge in [0.05, 0.1) is 5.69 Å². The molecule has 86 valence electrons. The van der Waals surface area contributed by atoms with Gasteiger partial charge < -0.3 is 5.73 Å². The number of pyridine rings is 1. The van der Waals surface area contributed by atoms with Gasteiger partial charge in [-0.25, -0.2) is 4.98 Å². The van der Waals surface area contributed by atoms with Gasteiger partial charge in [-0.3, -0.25) is 4.40 Å². The minimum Gasteiger partial charge on any atom is -0.375 e. The van der Waals surface area contributed by atoms with Crippen LogP contribution in [-0.2, 0) is 5.75 Å². The second kappa shape index (κ2) is 4.34. The Bertz CT molecular complexity index is 645. The maximum Gasteiger partial charge on any atom is 0.195 e. The van der Waals surface area contributed by atoms with E-state index in [9.17, 15) is 0 Å². The van der Waals surface area contributed by atoms with Crippen LogP contribution in [-0.4, -0.2) is 19.6 Å². The zero-order valence-corrected chi connectivity index (χ0v) is 10.4. The smallest absolute Gasteiger partial charge is 0.195 e. The molecule has 3 rings (SSSR count). The van der Waals surface area contributed by atoms with E-state index in [4.69, 9.17) is 5.73 Å². The average molecular weight is 263 g/mol. The predicted molar refractivity (Wildman–Crippen MR) is 69.1 cm³/mol. The number of anilines is 1. The molecule has 2 N–H and O–H groups in total. The summed E-state index contributed by atoms with van der Waals surface area (Å²) in [6, 6.07) is 5.83. The van der Waals surface area contributed by atoms with Crippen LogP contribution in [0.15, 0.2) is 34.9 Å². The van der Waals surface area contributed by atoms with Crippen molar-refractivity contribution in [2.24, 2.45) is 0 Å². The summed E-state index contributed by atoms with van der Waals surface area (Å²) >= 11 is 3.06. The van der Waals surface area contributed by atoms with Gasteiger partial charge in [-0.15, -0.1) is 21.5 Å². The molecule has 0 radical (unpaired) electrons. The van der Waals surface area contributed by atoms with Gasteiger partial charge >= 0.3 is 0 Å². The van der Waals surface area contributed by atoms with Crippen LogP contribution in [0.1, 0.15) is 5.69 Å². The highest BCUT2D eigenvalue weighted by atomic mass is 32.2. The molecule has 7 heteroatoms. The topological polar surface area (TPSA) is 69.1 Å². The largest absolute Gasteiger partial charge is 0.375 e. The first-order valence-electron chi connectivity index (χ1n) is 4.95. The normalized spacial score (nSPS) is 11.1. The molecule has 0 saturated carbocycles. The Hall–Kier alpha value is -1.60. The maximum absolute atomic E-state index is 5.58. The molecule has 0 aliphatic carbocycles. The van der Waals surface area contributed by atoms with Crippen LogP contribution in [0.3, 0.4) is 0 Å². The number of aromatic nitrogens is 4. The standard InChI is InChI=1S/C10H9N5S2/c11-9-12-7(5-16-9)6-17-10-14-13-8-3-1-2-4-15(8)10/h1-5H,6H2,(H2,11,12). The van der Waals surface area contributed by atoms with Gasteiger partial charge in [0.2, 0.25) is 0 Å². The Morgan fingerprint density at radius 3 is 3.12 bits per heavy atom. The quantitative estimate of drug-likeness (QED) is 0.732. The van der Waals surface area contributed by atoms with E-state index in [1.54, 1.807) is 11.8 Å². The van der Waals surface area contributed by atoms with E-state index in [2.05, 4.69) is 15.2 Å². The van der Waals surface area contributed by atoms with Gasteiger partial charge in [-0.2, -0.15) is 0 Å². The predicted octanol–water partition coefficient (Wildman–Crippen LogP) is 2.06. The number of thioether (sulfide) groups is 1. The lowest BCUT2D eigenvalue weighted by atomic mass is 10.5. The third-order valence-electron chi connectivity index (χ3n) is 2.20. The molecule has 3 heterocycles. The summed E-state index contributed by atoms with van der Waals surface area (Å²) in [5.74, 6) is 0.753. The molecule has 0 bridgehead atoms. The SMILES string of the molecule is Nc1nc(CSc2nnc3ccccn23)cs1. The van der Waals surface area contributed by atoms with Crippen LogP contribution < -0.4 is 5.73 Å². The molecule has 3 aromatic heterocycles. The van der Waals surface area contributed by atoms with Crippen LogP contribution in [0.2, 0.25) is 0 Å². The lowest BCUT2D eigenvalue weighted by molar-refractivity contribution is 0.920.